The Labute approximate surface area is 172 Å². The number of allylic oxidation sites excluding steroid dienone is 1. The minimum absolute atomic E-state index is 0.0923. The van der Waals surface area contributed by atoms with Crippen LogP contribution in [0.1, 0.15) is 45.2 Å². The normalized spacial score (nSPS) is 12.8. The van der Waals surface area contributed by atoms with Crippen LogP contribution in [-0.4, -0.2) is 18.6 Å². The average Bonchev–Trinajstić information content (AvgIpc) is 3.10. The van der Waals surface area contributed by atoms with E-state index in [2.05, 4.69) is 42.6 Å². The summed E-state index contributed by atoms with van der Waals surface area (Å²) in [6, 6.07) is 12.5. The van der Waals surface area contributed by atoms with Crippen LogP contribution in [0.3, 0.4) is 0 Å². The minimum Gasteiger partial charge on any atom is -0.493 e. The molecule has 152 valence electrons. The fraction of sp³-hybridized carbons (Fsp3) is 0.320. The van der Waals surface area contributed by atoms with Crippen molar-refractivity contribution in [2.75, 3.05) is 6.61 Å². The van der Waals surface area contributed by atoms with Crippen LogP contribution < -0.4 is 10.1 Å². The number of benzene rings is 2. The van der Waals surface area contributed by atoms with Crippen molar-refractivity contribution in [2.24, 2.45) is 0 Å². The van der Waals surface area contributed by atoms with Gasteiger partial charge >= 0.3 is 0 Å². The van der Waals surface area contributed by atoms with E-state index in [0.717, 1.165) is 45.4 Å². The molecule has 0 fully saturated rings. The highest BCUT2D eigenvalue weighted by molar-refractivity contribution is 6.00. The maximum absolute atomic E-state index is 12.4. The topological polar surface area (TPSA) is 51.5 Å². The van der Waals surface area contributed by atoms with E-state index in [1.807, 2.05) is 33.8 Å². The second-order valence-corrected chi connectivity index (χ2v) is 7.44. The largest absolute Gasteiger partial charge is 0.493 e. The fourth-order valence-corrected chi connectivity index (χ4v) is 3.26. The highest BCUT2D eigenvalue weighted by Crippen LogP contribution is 2.37. The van der Waals surface area contributed by atoms with E-state index in [9.17, 15) is 4.79 Å². The van der Waals surface area contributed by atoms with Crippen LogP contribution in [0.5, 0.6) is 5.75 Å². The van der Waals surface area contributed by atoms with Gasteiger partial charge in [0, 0.05) is 34.7 Å². The lowest BCUT2D eigenvalue weighted by molar-refractivity contribution is -0.117. The van der Waals surface area contributed by atoms with Crippen molar-refractivity contribution in [2.45, 2.75) is 47.1 Å². The molecule has 1 amide bonds. The molecule has 4 heteroatoms. The summed E-state index contributed by atoms with van der Waals surface area (Å²) >= 11 is 0. The van der Waals surface area contributed by atoms with Gasteiger partial charge in [-0.25, -0.2) is 0 Å². The number of nitrogens with one attached hydrogen (secondary N) is 1. The maximum atomic E-state index is 12.4. The lowest BCUT2D eigenvalue weighted by Gasteiger charge is -2.13. The molecule has 0 saturated carbocycles. The van der Waals surface area contributed by atoms with Crippen molar-refractivity contribution in [3.8, 4) is 16.9 Å². The standard InChI is InChI=1S/C25H29NO3/c1-6-18(5)26-25(27)12-17(4)20-13-21-22(19-10-8-16(3)9-11-19)15-29-24(21)14-23(20)28-7-2/h8-15,18H,6-7H2,1-5H3,(H,26,27)/b17-12+. The fourth-order valence-electron chi connectivity index (χ4n) is 3.26. The van der Waals surface area contributed by atoms with Gasteiger partial charge in [0.25, 0.3) is 0 Å². The number of hydrogen-bond acceptors (Lipinski definition) is 3. The Hall–Kier alpha value is -3.01. The molecule has 0 saturated heterocycles. The Kier molecular flexibility index (Phi) is 6.42. The van der Waals surface area contributed by atoms with Crippen LogP contribution in [0.2, 0.25) is 0 Å². The van der Waals surface area contributed by atoms with Gasteiger partial charge in [0.2, 0.25) is 5.91 Å². The van der Waals surface area contributed by atoms with Crippen molar-refractivity contribution >= 4 is 22.4 Å². The van der Waals surface area contributed by atoms with Crippen molar-refractivity contribution < 1.29 is 13.9 Å². The first-order valence-electron chi connectivity index (χ1n) is 10.2. The van der Waals surface area contributed by atoms with Crippen LogP contribution >= 0.6 is 0 Å². The molecule has 1 heterocycles. The van der Waals surface area contributed by atoms with E-state index >= 15 is 0 Å². The third kappa shape index (κ3) is 4.70. The highest BCUT2D eigenvalue weighted by Gasteiger charge is 2.15. The summed E-state index contributed by atoms with van der Waals surface area (Å²) < 4.78 is 11.7. The van der Waals surface area contributed by atoms with Gasteiger partial charge in [0.05, 0.1) is 12.9 Å². The molecule has 29 heavy (non-hydrogen) atoms. The number of carbonyl (C=O) groups is 1. The minimum atomic E-state index is -0.0923. The average molecular weight is 392 g/mol. The Bertz CT molecular complexity index is 1030. The zero-order chi connectivity index (χ0) is 21.0. The molecule has 0 radical (unpaired) electrons. The van der Waals surface area contributed by atoms with E-state index in [4.69, 9.17) is 9.15 Å². The molecule has 0 bridgehead atoms. The van der Waals surface area contributed by atoms with Crippen molar-refractivity contribution in [1.29, 1.82) is 0 Å². The molecule has 0 aliphatic carbocycles. The Balaban J connectivity index is 2.06. The van der Waals surface area contributed by atoms with Crippen molar-refractivity contribution in [3.05, 3.63) is 59.9 Å². The number of furan rings is 1. The number of carbonyl (C=O) groups excluding carboxylic acids is 1. The summed E-state index contributed by atoms with van der Waals surface area (Å²) in [7, 11) is 0. The van der Waals surface area contributed by atoms with E-state index < -0.39 is 0 Å². The summed E-state index contributed by atoms with van der Waals surface area (Å²) in [5, 5.41) is 3.98. The van der Waals surface area contributed by atoms with Crippen LogP contribution in [0.25, 0.3) is 27.7 Å². The van der Waals surface area contributed by atoms with E-state index in [0.29, 0.717) is 6.61 Å². The number of hydrogen-bond donors (Lipinski definition) is 1. The monoisotopic (exact) mass is 391 g/mol. The van der Waals surface area contributed by atoms with E-state index in [1.54, 1.807) is 12.3 Å². The molecular weight excluding hydrogens is 362 g/mol. The molecule has 0 spiro atoms. The summed E-state index contributed by atoms with van der Waals surface area (Å²) in [5.74, 6) is 0.625. The Morgan fingerprint density at radius 3 is 2.59 bits per heavy atom. The smallest absolute Gasteiger partial charge is 0.244 e. The molecule has 1 aromatic heterocycles. The molecule has 1 N–H and O–H groups in total. The lowest BCUT2D eigenvalue weighted by atomic mass is 9.98. The third-order valence-corrected chi connectivity index (χ3v) is 5.11. The molecule has 2 aromatic carbocycles. The predicted octanol–water partition coefficient (Wildman–Crippen LogP) is 6.12. The quantitative estimate of drug-likeness (QED) is 0.493. The van der Waals surface area contributed by atoms with Crippen LogP contribution in [-0.2, 0) is 4.79 Å². The Morgan fingerprint density at radius 1 is 1.21 bits per heavy atom. The molecule has 3 aromatic rings. The second-order valence-electron chi connectivity index (χ2n) is 7.44. The van der Waals surface area contributed by atoms with Gasteiger partial charge in [0.15, 0.2) is 0 Å². The number of aryl methyl sites for hydroxylation is 1. The van der Waals surface area contributed by atoms with Gasteiger partial charge in [-0.15, -0.1) is 0 Å². The number of fused-ring (bicyclic) bond motifs is 1. The maximum Gasteiger partial charge on any atom is 0.244 e. The van der Waals surface area contributed by atoms with Crippen LogP contribution in [0, 0.1) is 6.92 Å². The molecule has 0 aliphatic heterocycles. The summed E-state index contributed by atoms with van der Waals surface area (Å²) in [6.07, 6.45) is 4.31. The third-order valence-electron chi connectivity index (χ3n) is 5.11. The predicted molar refractivity (Wildman–Crippen MR) is 119 cm³/mol. The van der Waals surface area contributed by atoms with Crippen LogP contribution in [0.15, 0.2) is 53.2 Å². The highest BCUT2D eigenvalue weighted by atomic mass is 16.5. The van der Waals surface area contributed by atoms with Gasteiger partial charge in [0.1, 0.15) is 11.3 Å². The van der Waals surface area contributed by atoms with E-state index in [-0.39, 0.29) is 11.9 Å². The number of rotatable bonds is 7. The number of ether oxygens (including phenoxy) is 1. The van der Waals surface area contributed by atoms with Gasteiger partial charge in [-0.1, -0.05) is 36.8 Å². The first-order chi connectivity index (χ1) is 13.9. The van der Waals surface area contributed by atoms with Gasteiger partial charge in [-0.3, -0.25) is 4.79 Å². The van der Waals surface area contributed by atoms with Crippen LogP contribution in [0.4, 0.5) is 0 Å². The Morgan fingerprint density at radius 2 is 1.93 bits per heavy atom. The zero-order valence-corrected chi connectivity index (χ0v) is 17.8. The lowest BCUT2D eigenvalue weighted by Crippen LogP contribution is -2.30. The van der Waals surface area contributed by atoms with Gasteiger partial charge in [-0.05, 0) is 51.3 Å². The molecular formula is C25H29NO3. The summed E-state index contributed by atoms with van der Waals surface area (Å²) in [6.45, 7) is 10.5. The summed E-state index contributed by atoms with van der Waals surface area (Å²) in [4.78, 5) is 12.4. The summed E-state index contributed by atoms with van der Waals surface area (Å²) in [5.41, 5.74) is 5.86. The van der Waals surface area contributed by atoms with Crippen molar-refractivity contribution in [3.63, 3.8) is 0 Å². The van der Waals surface area contributed by atoms with Crippen molar-refractivity contribution in [1.82, 2.24) is 5.32 Å². The number of amides is 1. The first-order valence-corrected chi connectivity index (χ1v) is 10.2. The second kappa shape index (κ2) is 8.99. The molecule has 1 unspecified atom stereocenters. The first kappa shape index (κ1) is 20.7. The zero-order valence-electron chi connectivity index (χ0n) is 17.8. The van der Waals surface area contributed by atoms with Gasteiger partial charge < -0.3 is 14.5 Å². The van der Waals surface area contributed by atoms with E-state index in [1.165, 1.54) is 5.56 Å². The molecule has 3 rings (SSSR count). The molecule has 1 atom stereocenters. The molecule has 4 nitrogen and oxygen atoms in total. The SMILES string of the molecule is CCOc1cc2occ(-c3ccc(C)cc3)c2cc1/C(C)=C/C(=O)NC(C)CC. The molecule has 0 aliphatic rings. The van der Waals surface area contributed by atoms with Gasteiger partial charge in [-0.2, -0.15) is 0 Å².